The van der Waals surface area contributed by atoms with Crippen LogP contribution >= 0.6 is 15.9 Å². The standard InChI is InChI=1S/C23H18BrNO4/c24-15-7-5-6-14(12-15)21(22(26)27)25-23(28)29-13-20-18-10-3-1-8-16(18)17-9-2-4-11-19(17)20/h1-12,20-21H,13H2,(H,25,28)(H,26,27)/t21-/m0/s1. The highest BCUT2D eigenvalue weighted by molar-refractivity contribution is 9.10. The molecule has 0 heterocycles. The monoisotopic (exact) mass is 451 g/mol. The highest BCUT2D eigenvalue weighted by Crippen LogP contribution is 2.44. The quantitative estimate of drug-likeness (QED) is 0.564. The van der Waals surface area contributed by atoms with Gasteiger partial charge in [-0.3, -0.25) is 0 Å². The molecule has 5 nitrogen and oxygen atoms in total. The summed E-state index contributed by atoms with van der Waals surface area (Å²) in [5, 5.41) is 12.0. The highest BCUT2D eigenvalue weighted by Gasteiger charge is 2.30. The van der Waals surface area contributed by atoms with Crippen molar-refractivity contribution in [1.82, 2.24) is 5.32 Å². The largest absolute Gasteiger partial charge is 0.479 e. The van der Waals surface area contributed by atoms with Crippen molar-refractivity contribution in [2.24, 2.45) is 0 Å². The van der Waals surface area contributed by atoms with Crippen LogP contribution in [-0.4, -0.2) is 23.8 Å². The second-order valence-corrected chi connectivity index (χ2v) is 7.71. The molecule has 29 heavy (non-hydrogen) atoms. The Kier molecular flexibility index (Phi) is 5.36. The SMILES string of the molecule is O=C(N[C@H](C(=O)O)c1cccc(Br)c1)OCC1c2ccccc2-c2ccccc21. The van der Waals surface area contributed by atoms with Crippen molar-refractivity contribution in [3.8, 4) is 11.1 Å². The second kappa shape index (κ2) is 8.09. The van der Waals surface area contributed by atoms with Gasteiger partial charge in [-0.2, -0.15) is 0 Å². The number of fused-ring (bicyclic) bond motifs is 3. The fourth-order valence-corrected chi connectivity index (χ4v) is 4.15. The summed E-state index contributed by atoms with van der Waals surface area (Å²) in [6.45, 7) is 0.130. The number of alkyl carbamates (subject to hydrolysis) is 1. The van der Waals surface area contributed by atoms with E-state index in [1.807, 2.05) is 36.4 Å². The minimum Gasteiger partial charge on any atom is -0.479 e. The van der Waals surface area contributed by atoms with Crippen LogP contribution < -0.4 is 5.32 Å². The van der Waals surface area contributed by atoms with Crippen molar-refractivity contribution in [3.05, 3.63) is 94.0 Å². The number of carbonyl (C=O) groups excluding carboxylic acids is 1. The first-order valence-corrected chi connectivity index (χ1v) is 9.93. The molecule has 3 aromatic carbocycles. The van der Waals surface area contributed by atoms with Gasteiger partial charge in [-0.25, -0.2) is 9.59 Å². The summed E-state index contributed by atoms with van der Waals surface area (Å²) in [4.78, 5) is 24.0. The van der Waals surface area contributed by atoms with Crippen LogP contribution in [0.25, 0.3) is 11.1 Å². The number of hydrogen-bond acceptors (Lipinski definition) is 3. The molecule has 0 radical (unpaired) electrons. The van der Waals surface area contributed by atoms with Crippen molar-refractivity contribution < 1.29 is 19.4 Å². The topological polar surface area (TPSA) is 75.6 Å². The van der Waals surface area contributed by atoms with Crippen LogP contribution in [-0.2, 0) is 9.53 Å². The number of benzene rings is 3. The van der Waals surface area contributed by atoms with Crippen molar-refractivity contribution in [2.45, 2.75) is 12.0 Å². The number of carboxylic acid groups (broad SMARTS) is 1. The molecular formula is C23H18BrNO4. The molecule has 1 amide bonds. The lowest BCUT2D eigenvalue weighted by Crippen LogP contribution is -2.34. The molecule has 0 bridgehead atoms. The summed E-state index contributed by atoms with van der Waals surface area (Å²) in [6.07, 6.45) is -0.765. The number of amides is 1. The average molecular weight is 452 g/mol. The zero-order valence-electron chi connectivity index (χ0n) is 15.3. The van der Waals surface area contributed by atoms with Gasteiger partial charge in [-0.1, -0.05) is 76.6 Å². The van der Waals surface area contributed by atoms with Crippen molar-refractivity contribution in [1.29, 1.82) is 0 Å². The lowest BCUT2D eigenvalue weighted by Gasteiger charge is -2.18. The molecule has 0 aromatic heterocycles. The maximum atomic E-state index is 12.4. The third-order valence-corrected chi connectivity index (χ3v) is 5.53. The van der Waals surface area contributed by atoms with E-state index in [9.17, 15) is 14.7 Å². The zero-order chi connectivity index (χ0) is 20.4. The Morgan fingerprint density at radius 2 is 1.59 bits per heavy atom. The van der Waals surface area contributed by atoms with E-state index in [0.29, 0.717) is 5.56 Å². The Balaban J connectivity index is 1.49. The van der Waals surface area contributed by atoms with E-state index < -0.39 is 18.1 Å². The molecule has 146 valence electrons. The van der Waals surface area contributed by atoms with Crippen LogP contribution in [0, 0.1) is 0 Å². The highest BCUT2D eigenvalue weighted by atomic mass is 79.9. The minimum atomic E-state index is -1.19. The summed E-state index contributed by atoms with van der Waals surface area (Å²) in [6, 6.07) is 21.7. The van der Waals surface area contributed by atoms with Crippen molar-refractivity contribution in [2.75, 3.05) is 6.61 Å². The molecule has 1 atom stereocenters. The van der Waals surface area contributed by atoms with E-state index in [-0.39, 0.29) is 12.5 Å². The number of nitrogens with one attached hydrogen (secondary N) is 1. The third-order valence-electron chi connectivity index (χ3n) is 5.03. The molecule has 4 rings (SSSR count). The molecule has 0 saturated heterocycles. The summed E-state index contributed by atoms with van der Waals surface area (Å²) in [7, 11) is 0. The maximum absolute atomic E-state index is 12.4. The number of hydrogen-bond donors (Lipinski definition) is 2. The lowest BCUT2D eigenvalue weighted by atomic mass is 9.98. The zero-order valence-corrected chi connectivity index (χ0v) is 16.9. The smallest absolute Gasteiger partial charge is 0.408 e. The molecule has 6 heteroatoms. The van der Waals surface area contributed by atoms with Crippen LogP contribution in [0.1, 0.15) is 28.7 Å². The molecule has 1 aliphatic rings. The Morgan fingerprint density at radius 1 is 0.966 bits per heavy atom. The third kappa shape index (κ3) is 3.89. The van der Waals surface area contributed by atoms with Gasteiger partial charge in [-0.15, -0.1) is 0 Å². The fourth-order valence-electron chi connectivity index (χ4n) is 3.73. The van der Waals surface area contributed by atoms with E-state index in [4.69, 9.17) is 4.74 Å². The van der Waals surface area contributed by atoms with Gasteiger partial charge in [0.1, 0.15) is 6.61 Å². The number of ether oxygens (including phenoxy) is 1. The van der Waals surface area contributed by atoms with Crippen LogP contribution in [0.4, 0.5) is 4.79 Å². The normalized spacial score (nSPS) is 13.3. The summed E-state index contributed by atoms with van der Waals surface area (Å²) in [5.74, 6) is -1.24. The van der Waals surface area contributed by atoms with E-state index in [1.54, 1.807) is 24.3 Å². The van der Waals surface area contributed by atoms with Gasteiger partial charge in [-0.05, 0) is 39.9 Å². The molecule has 0 unspecified atom stereocenters. The Hall–Kier alpha value is -3.12. The van der Waals surface area contributed by atoms with Gasteiger partial charge < -0.3 is 15.2 Å². The minimum absolute atomic E-state index is 0.0812. The molecule has 0 fully saturated rings. The molecule has 0 saturated carbocycles. The van der Waals surface area contributed by atoms with Crippen LogP contribution in [0.2, 0.25) is 0 Å². The number of carbonyl (C=O) groups is 2. The Morgan fingerprint density at radius 3 is 2.17 bits per heavy atom. The summed E-state index contributed by atoms with van der Waals surface area (Å²) in [5.41, 5.74) is 4.93. The molecule has 3 aromatic rings. The van der Waals surface area contributed by atoms with Gasteiger partial charge in [0.2, 0.25) is 0 Å². The first-order chi connectivity index (χ1) is 14.0. The number of halogens is 1. The fraction of sp³-hybridized carbons (Fsp3) is 0.130. The molecule has 0 spiro atoms. The van der Waals surface area contributed by atoms with Gasteiger partial charge in [0.05, 0.1) is 0 Å². The predicted octanol–water partition coefficient (Wildman–Crippen LogP) is 5.11. The van der Waals surface area contributed by atoms with Gasteiger partial charge in [0.25, 0.3) is 0 Å². The van der Waals surface area contributed by atoms with Crippen LogP contribution in [0.3, 0.4) is 0 Å². The van der Waals surface area contributed by atoms with E-state index in [0.717, 1.165) is 26.7 Å². The summed E-state index contributed by atoms with van der Waals surface area (Å²) < 4.78 is 6.18. The van der Waals surface area contributed by atoms with E-state index in [2.05, 4.69) is 33.4 Å². The lowest BCUT2D eigenvalue weighted by molar-refractivity contribution is -0.139. The van der Waals surface area contributed by atoms with Crippen LogP contribution in [0.5, 0.6) is 0 Å². The summed E-state index contributed by atoms with van der Waals surface area (Å²) >= 11 is 3.32. The van der Waals surface area contributed by atoms with Gasteiger partial charge >= 0.3 is 12.1 Å². The Labute approximate surface area is 176 Å². The molecule has 1 aliphatic carbocycles. The van der Waals surface area contributed by atoms with Crippen molar-refractivity contribution >= 4 is 28.0 Å². The number of carboxylic acids is 1. The van der Waals surface area contributed by atoms with E-state index in [1.165, 1.54) is 0 Å². The maximum Gasteiger partial charge on any atom is 0.408 e. The second-order valence-electron chi connectivity index (χ2n) is 6.80. The predicted molar refractivity (Wildman–Crippen MR) is 113 cm³/mol. The first-order valence-electron chi connectivity index (χ1n) is 9.14. The Bertz CT molecular complexity index is 1040. The molecular weight excluding hydrogens is 434 g/mol. The average Bonchev–Trinajstić information content (AvgIpc) is 3.04. The van der Waals surface area contributed by atoms with Crippen LogP contribution in [0.15, 0.2) is 77.3 Å². The number of aliphatic carboxylic acids is 1. The van der Waals surface area contributed by atoms with Crippen molar-refractivity contribution in [3.63, 3.8) is 0 Å². The molecule has 0 aliphatic heterocycles. The number of rotatable bonds is 5. The van der Waals surface area contributed by atoms with E-state index >= 15 is 0 Å². The first kappa shape index (κ1) is 19.2. The van der Waals surface area contributed by atoms with Gasteiger partial charge in [0, 0.05) is 10.4 Å². The molecule has 2 N–H and O–H groups in total. The van der Waals surface area contributed by atoms with Gasteiger partial charge in [0.15, 0.2) is 6.04 Å².